The first-order valence-electron chi connectivity index (χ1n) is 7.59. The molecule has 26 heavy (non-hydrogen) atoms. The van der Waals surface area contributed by atoms with Gasteiger partial charge in [-0.05, 0) is 86.7 Å². The van der Waals surface area contributed by atoms with Gasteiger partial charge in [0, 0.05) is 15.0 Å². The number of carbonyl (C=O) groups excluding carboxylic acids is 1. The average Bonchev–Trinajstić information content (AvgIpc) is 2.57. The highest BCUT2D eigenvalue weighted by atomic mass is 79.9. The van der Waals surface area contributed by atoms with Gasteiger partial charge in [-0.3, -0.25) is 4.79 Å². The molecule has 0 unspecified atom stereocenters. The van der Waals surface area contributed by atoms with Gasteiger partial charge in [-0.1, -0.05) is 6.07 Å². The van der Waals surface area contributed by atoms with Crippen LogP contribution in [0.15, 0.2) is 45.4 Å². The van der Waals surface area contributed by atoms with Gasteiger partial charge in [0.05, 0.1) is 18.4 Å². The van der Waals surface area contributed by atoms with Gasteiger partial charge in [0.1, 0.15) is 5.75 Å². The van der Waals surface area contributed by atoms with Crippen molar-refractivity contribution in [2.45, 2.75) is 13.8 Å². The fourth-order valence-corrected chi connectivity index (χ4v) is 3.00. The molecule has 0 aliphatic rings. The Balaban J connectivity index is 2.30. The van der Waals surface area contributed by atoms with E-state index in [0.29, 0.717) is 5.75 Å². The van der Waals surface area contributed by atoms with Crippen LogP contribution >= 0.6 is 31.9 Å². The largest absolute Gasteiger partial charge is 0.496 e. The van der Waals surface area contributed by atoms with Crippen LogP contribution in [0.4, 0.5) is 5.69 Å². The molecule has 5 nitrogen and oxygen atoms in total. The van der Waals surface area contributed by atoms with Gasteiger partial charge < -0.3 is 15.2 Å². The summed E-state index contributed by atoms with van der Waals surface area (Å²) in [7, 11) is 1.47. The molecule has 0 spiro atoms. The van der Waals surface area contributed by atoms with E-state index in [1.54, 1.807) is 13.0 Å². The third-order valence-corrected chi connectivity index (χ3v) is 5.63. The number of halogens is 2. The lowest BCUT2D eigenvalue weighted by molar-refractivity contribution is -0.111. The molecule has 0 radical (unpaired) electrons. The van der Waals surface area contributed by atoms with Crippen LogP contribution in [0.25, 0.3) is 5.57 Å². The number of hydrogen-bond donors (Lipinski definition) is 2. The molecule has 7 heteroatoms. The van der Waals surface area contributed by atoms with E-state index in [1.807, 2.05) is 25.1 Å². The van der Waals surface area contributed by atoms with Crippen LogP contribution in [0.5, 0.6) is 5.75 Å². The molecule has 2 N–H and O–H groups in total. The summed E-state index contributed by atoms with van der Waals surface area (Å²) >= 11 is 6.83. The van der Waals surface area contributed by atoms with Crippen molar-refractivity contribution in [2.24, 2.45) is 0 Å². The number of carboxylic acid groups (broad SMARTS) is 1. The van der Waals surface area contributed by atoms with Crippen molar-refractivity contribution in [2.75, 3.05) is 12.4 Å². The summed E-state index contributed by atoms with van der Waals surface area (Å²) < 4.78 is 6.93. The fourth-order valence-electron chi connectivity index (χ4n) is 2.38. The van der Waals surface area contributed by atoms with Crippen molar-refractivity contribution < 1.29 is 19.4 Å². The zero-order valence-electron chi connectivity index (χ0n) is 14.4. The molecule has 0 aliphatic heterocycles. The number of carboxylic acids is 1. The molecule has 136 valence electrons. The van der Waals surface area contributed by atoms with Gasteiger partial charge in [0.25, 0.3) is 0 Å². The van der Waals surface area contributed by atoms with Crippen LogP contribution in [-0.2, 0) is 4.79 Å². The number of allylic oxidation sites excluding steroid dienone is 1. The van der Waals surface area contributed by atoms with Gasteiger partial charge >= 0.3 is 5.97 Å². The number of ether oxygens (including phenoxy) is 1. The Morgan fingerprint density at radius 3 is 2.42 bits per heavy atom. The Morgan fingerprint density at radius 1 is 1.15 bits per heavy atom. The number of nitrogens with one attached hydrogen (secondary N) is 1. The molecule has 2 aromatic rings. The molecule has 0 aliphatic carbocycles. The van der Waals surface area contributed by atoms with E-state index in [-0.39, 0.29) is 11.3 Å². The number of aryl methyl sites for hydroxylation is 1. The monoisotopic (exact) mass is 481 g/mol. The summed E-state index contributed by atoms with van der Waals surface area (Å²) in [5.74, 6) is -1.10. The Labute approximate surface area is 168 Å². The minimum absolute atomic E-state index is 0.0294. The van der Waals surface area contributed by atoms with Crippen molar-refractivity contribution in [3.63, 3.8) is 0 Å². The summed E-state index contributed by atoms with van der Waals surface area (Å²) in [6.45, 7) is 3.59. The topological polar surface area (TPSA) is 75.6 Å². The van der Waals surface area contributed by atoms with E-state index in [9.17, 15) is 14.7 Å². The van der Waals surface area contributed by atoms with E-state index < -0.39 is 11.9 Å². The summed E-state index contributed by atoms with van der Waals surface area (Å²) in [6, 6.07) is 8.64. The first-order valence-corrected chi connectivity index (χ1v) is 9.18. The Hall–Kier alpha value is -2.12. The normalized spacial score (nSPS) is 11.2. The smallest absolute Gasteiger partial charge is 0.337 e. The second-order valence-corrected chi connectivity index (χ2v) is 7.33. The van der Waals surface area contributed by atoms with Crippen molar-refractivity contribution in [3.8, 4) is 5.75 Å². The van der Waals surface area contributed by atoms with E-state index in [1.165, 1.54) is 19.3 Å². The molecule has 1 amide bonds. The highest BCUT2D eigenvalue weighted by Gasteiger charge is 2.15. The molecular formula is C19H17Br2NO4. The molecule has 0 heterocycles. The SMILES string of the molecule is COc1cc(C(=O)O)c(NC(=O)/C=C(/C)c2ccc(Br)c(Br)c2)cc1C. The Kier molecular flexibility index (Phi) is 6.61. The molecule has 2 aromatic carbocycles. The number of rotatable bonds is 5. The zero-order chi connectivity index (χ0) is 19.4. The summed E-state index contributed by atoms with van der Waals surface area (Å²) in [5.41, 5.74) is 2.54. The van der Waals surface area contributed by atoms with Gasteiger partial charge in [0.15, 0.2) is 0 Å². The number of hydrogen-bond acceptors (Lipinski definition) is 3. The number of benzene rings is 2. The second kappa shape index (κ2) is 8.51. The summed E-state index contributed by atoms with van der Waals surface area (Å²) in [6.07, 6.45) is 1.43. The van der Waals surface area contributed by atoms with Crippen LogP contribution < -0.4 is 10.1 Å². The molecule has 0 atom stereocenters. The maximum Gasteiger partial charge on any atom is 0.337 e. The maximum atomic E-state index is 12.4. The van der Waals surface area contributed by atoms with Crippen LogP contribution in [0.3, 0.4) is 0 Å². The lowest BCUT2D eigenvalue weighted by Crippen LogP contribution is -2.13. The lowest BCUT2D eigenvalue weighted by Gasteiger charge is -2.12. The minimum atomic E-state index is -1.14. The fraction of sp³-hybridized carbons (Fsp3) is 0.158. The number of methoxy groups -OCH3 is 1. The van der Waals surface area contributed by atoms with Crippen LogP contribution in [0.2, 0.25) is 0 Å². The quantitative estimate of drug-likeness (QED) is 0.569. The molecule has 0 saturated heterocycles. The van der Waals surface area contributed by atoms with Crippen molar-refractivity contribution >= 4 is 55.0 Å². The minimum Gasteiger partial charge on any atom is -0.496 e. The van der Waals surface area contributed by atoms with Gasteiger partial charge in [-0.15, -0.1) is 0 Å². The van der Waals surface area contributed by atoms with Gasteiger partial charge in [0.2, 0.25) is 5.91 Å². The van der Waals surface area contributed by atoms with Crippen LogP contribution in [-0.4, -0.2) is 24.1 Å². The molecule has 0 bridgehead atoms. The Bertz CT molecular complexity index is 907. The number of aromatic carboxylic acids is 1. The van der Waals surface area contributed by atoms with E-state index in [4.69, 9.17) is 4.74 Å². The summed E-state index contributed by atoms with van der Waals surface area (Å²) in [4.78, 5) is 23.8. The molecule has 0 aromatic heterocycles. The molecule has 2 rings (SSSR count). The molecule has 0 fully saturated rings. The van der Waals surface area contributed by atoms with Gasteiger partial charge in [-0.25, -0.2) is 4.79 Å². The third kappa shape index (κ3) is 4.74. The van der Waals surface area contributed by atoms with E-state index in [0.717, 1.165) is 25.6 Å². The molecular weight excluding hydrogens is 466 g/mol. The standard InChI is InChI=1S/C19H17Br2NO4/c1-10(12-4-5-14(20)15(21)8-12)7-18(23)22-16-6-11(2)17(26-3)9-13(16)19(24)25/h4-9H,1-3H3,(H,22,23)(H,24,25)/b10-7-. The lowest BCUT2D eigenvalue weighted by atomic mass is 10.1. The van der Waals surface area contributed by atoms with Crippen molar-refractivity contribution in [1.29, 1.82) is 0 Å². The average molecular weight is 483 g/mol. The highest BCUT2D eigenvalue weighted by Crippen LogP contribution is 2.28. The van der Waals surface area contributed by atoms with Crippen molar-refractivity contribution in [3.05, 3.63) is 62.0 Å². The predicted molar refractivity (Wildman–Crippen MR) is 109 cm³/mol. The van der Waals surface area contributed by atoms with E-state index >= 15 is 0 Å². The van der Waals surface area contributed by atoms with Gasteiger partial charge in [-0.2, -0.15) is 0 Å². The first-order chi connectivity index (χ1) is 12.2. The number of carbonyl (C=O) groups is 2. The number of amides is 1. The second-order valence-electron chi connectivity index (χ2n) is 5.62. The third-order valence-electron chi connectivity index (χ3n) is 3.75. The predicted octanol–water partition coefficient (Wildman–Crippen LogP) is 5.27. The maximum absolute atomic E-state index is 12.4. The van der Waals surface area contributed by atoms with E-state index in [2.05, 4.69) is 37.2 Å². The van der Waals surface area contributed by atoms with Crippen molar-refractivity contribution in [1.82, 2.24) is 0 Å². The number of anilines is 1. The molecule has 0 saturated carbocycles. The Morgan fingerprint density at radius 2 is 1.85 bits per heavy atom. The zero-order valence-corrected chi connectivity index (χ0v) is 17.6. The van der Waals surface area contributed by atoms with Crippen LogP contribution in [0.1, 0.15) is 28.4 Å². The van der Waals surface area contributed by atoms with Crippen LogP contribution in [0, 0.1) is 6.92 Å². The summed E-state index contributed by atoms with van der Waals surface area (Å²) in [5, 5.41) is 12.0. The highest BCUT2D eigenvalue weighted by molar-refractivity contribution is 9.13. The first kappa shape index (κ1) is 20.2.